The summed E-state index contributed by atoms with van der Waals surface area (Å²) in [5.41, 5.74) is 3.85. The van der Waals surface area contributed by atoms with Crippen molar-refractivity contribution in [2.24, 2.45) is 0 Å². The molecule has 0 saturated carbocycles. The van der Waals surface area contributed by atoms with Crippen LogP contribution in [0.25, 0.3) is 0 Å². The van der Waals surface area contributed by atoms with Gasteiger partial charge in [0.1, 0.15) is 11.4 Å². The maximum Gasteiger partial charge on any atom is 0.271 e. The molecule has 10 heteroatoms. The van der Waals surface area contributed by atoms with Gasteiger partial charge in [-0.05, 0) is 42.5 Å². The van der Waals surface area contributed by atoms with Crippen molar-refractivity contribution in [2.75, 3.05) is 38.3 Å². The Morgan fingerprint density at radius 3 is 2.25 bits per heavy atom. The summed E-state index contributed by atoms with van der Waals surface area (Å²) in [6.07, 6.45) is 1.68. The number of carbonyl (C=O) groups excluding carboxylic acids is 2. The van der Waals surface area contributed by atoms with Gasteiger partial charge in [-0.3, -0.25) is 15.0 Å². The van der Waals surface area contributed by atoms with Crippen molar-refractivity contribution >= 4 is 27.5 Å². The third-order valence-corrected chi connectivity index (χ3v) is 7.34. The van der Waals surface area contributed by atoms with Crippen LogP contribution in [0.1, 0.15) is 6.42 Å². The largest absolute Gasteiger partial charge is 0.497 e. The van der Waals surface area contributed by atoms with Gasteiger partial charge in [0, 0.05) is 32.6 Å². The number of amides is 2. The highest BCUT2D eigenvalue weighted by Crippen LogP contribution is 2.22. The van der Waals surface area contributed by atoms with E-state index in [0.29, 0.717) is 17.1 Å². The molecular formula is C22H24N4O5S. The SMILES string of the molecule is COc1ccc(S(=O)(=O)N2CCN(C(=O)C3=CCC(=O)N(c4ccccc4)N3)CC2)cc1. The quantitative estimate of drug-likeness (QED) is 0.729. The predicted molar refractivity (Wildman–Crippen MR) is 118 cm³/mol. The number of hydrogen-bond acceptors (Lipinski definition) is 6. The lowest BCUT2D eigenvalue weighted by Crippen LogP contribution is -2.54. The number of nitrogens with zero attached hydrogens (tertiary/aromatic N) is 3. The molecule has 0 atom stereocenters. The molecular weight excluding hydrogens is 432 g/mol. The average molecular weight is 457 g/mol. The molecule has 0 spiro atoms. The first-order valence-electron chi connectivity index (χ1n) is 10.2. The second-order valence-electron chi connectivity index (χ2n) is 7.37. The van der Waals surface area contributed by atoms with Gasteiger partial charge in [0.05, 0.1) is 17.7 Å². The fraction of sp³-hybridized carbons (Fsp3) is 0.273. The first-order valence-corrected chi connectivity index (χ1v) is 11.6. The van der Waals surface area contributed by atoms with Crippen LogP contribution in [0, 0.1) is 0 Å². The van der Waals surface area contributed by atoms with Crippen LogP contribution in [0.3, 0.4) is 0 Å². The normalized spacial score (nSPS) is 17.5. The van der Waals surface area contributed by atoms with Crippen LogP contribution in [0.5, 0.6) is 5.75 Å². The molecule has 0 radical (unpaired) electrons. The van der Waals surface area contributed by atoms with Gasteiger partial charge in [-0.15, -0.1) is 0 Å². The van der Waals surface area contributed by atoms with Crippen LogP contribution in [0.15, 0.2) is 71.3 Å². The van der Waals surface area contributed by atoms with Crippen molar-refractivity contribution in [3.05, 3.63) is 66.4 Å². The Labute approximate surface area is 186 Å². The molecule has 4 rings (SSSR count). The fourth-order valence-corrected chi connectivity index (χ4v) is 5.05. The average Bonchev–Trinajstić information content (AvgIpc) is 2.84. The standard InChI is InChI=1S/C22H24N4O5S/c1-31-18-7-9-19(10-8-18)32(29,30)25-15-13-24(14-16-25)22(28)20-11-12-21(27)26(23-20)17-5-3-2-4-6-17/h2-11,23H,12-16H2,1H3. The van der Waals surface area contributed by atoms with Crippen LogP contribution in [0.4, 0.5) is 5.69 Å². The lowest BCUT2D eigenvalue weighted by atomic mass is 10.2. The molecule has 32 heavy (non-hydrogen) atoms. The molecule has 0 bridgehead atoms. The lowest BCUT2D eigenvalue weighted by Gasteiger charge is -2.36. The predicted octanol–water partition coefficient (Wildman–Crippen LogP) is 1.35. The van der Waals surface area contributed by atoms with Crippen LogP contribution >= 0.6 is 0 Å². The van der Waals surface area contributed by atoms with Crippen molar-refractivity contribution in [3.63, 3.8) is 0 Å². The maximum absolute atomic E-state index is 13.0. The van der Waals surface area contributed by atoms with Gasteiger partial charge in [-0.1, -0.05) is 18.2 Å². The Balaban J connectivity index is 1.40. The first-order chi connectivity index (χ1) is 15.4. The van der Waals surface area contributed by atoms with E-state index in [2.05, 4.69) is 5.43 Å². The summed E-state index contributed by atoms with van der Waals surface area (Å²) in [4.78, 5) is 27.1. The Kier molecular flexibility index (Phi) is 6.15. The molecule has 1 fully saturated rings. The Morgan fingerprint density at radius 2 is 1.62 bits per heavy atom. The highest BCUT2D eigenvalue weighted by molar-refractivity contribution is 7.89. The topological polar surface area (TPSA) is 99.3 Å². The van der Waals surface area contributed by atoms with E-state index in [1.54, 1.807) is 35.2 Å². The Morgan fingerprint density at radius 1 is 0.969 bits per heavy atom. The van der Waals surface area contributed by atoms with E-state index in [-0.39, 0.29) is 49.3 Å². The summed E-state index contributed by atoms with van der Waals surface area (Å²) in [6, 6.07) is 15.3. The molecule has 2 aromatic rings. The highest BCUT2D eigenvalue weighted by Gasteiger charge is 2.32. The van der Waals surface area contributed by atoms with Gasteiger partial charge in [0.2, 0.25) is 15.9 Å². The van der Waals surface area contributed by atoms with E-state index in [4.69, 9.17) is 4.74 Å². The van der Waals surface area contributed by atoms with Crippen molar-refractivity contribution in [1.29, 1.82) is 0 Å². The molecule has 1 N–H and O–H groups in total. The van der Waals surface area contributed by atoms with E-state index >= 15 is 0 Å². The number of hydrazine groups is 1. The van der Waals surface area contributed by atoms with Crippen LogP contribution in [-0.4, -0.2) is 62.7 Å². The fourth-order valence-electron chi connectivity index (χ4n) is 3.63. The Bertz CT molecular complexity index is 1120. The number of para-hydroxylation sites is 1. The minimum atomic E-state index is -3.66. The molecule has 2 aromatic carbocycles. The smallest absolute Gasteiger partial charge is 0.271 e. The monoisotopic (exact) mass is 456 g/mol. The van der Waals surface area contributed by atoms with Crippen molar-refractivity contribution < 1.29 is 22.7 Å². The molecule has 0 unspecified atom stereocenters. The van der Waals surface area contributed by atoms with Gasteiger partial charge in [0.15, 0.2) is 0 Å². The molecule has 9 nitrogen and oxygen atoms in total. The van der Waals surface area contributed by atoms with E-state index in [1.165, 1.54) is 28.6 Å². The number of nitrogens with one attached hydrogen (secondary N) is 1. The third kappa shape index (κ3) is 4.32. The zero-order valence-electron chi connectivity index (χ0n) is 17.6. The summed E-state index contributed by atoms with van der Waals surface area (Å²) in [5, 5.41) is 1.36. The number of sulfonamides is 1. The number of hydrogen-bond donors (Lipinski definition) is 1. The summed E-state index contributed by atoms with van der Waals surface area (Å²) >= 11 is 0. The number of methoxy groups -OCH3 is 1. The highest BCUT2D eigenvalue weighted by atomic mass is 32.2. The van der Waals surface area contributed by atoms with Crippen molar-refractivity contribution in [3.8, 4) is 5.75 Å². The van der Waals surface area contributed by atoms with Gasteiger partial charge < -0.3 is 9.64 Å². The maximum atomic E-state index is 13.0. The van der Waals surface area contributed by atoms with Gasteiger partial charge >= 0.3 is 0 Å². The number of piperazine rings is 1. The number of anilines is 1. The van der Waals surface area contributed by atoms with Crippen LogP contribution in [-0.2, 0) is 19.6 Å². The van der Waals surface area contributed by atoms with Crippen LogP contribution < -0.4 is 15.2 Å². The van der Waals surface area contributed by atoms with E-state index in [1.807, 2.05) is 18.2 Å². The molecule has 0 aromatic heterocycles. The number of rotatable bonds is 5. The van der Waals surface area contributed by atoms with Crippen molar-refractivity contribution in [1.82, 2.24) is 14.6 Å². The van der Waals surface area contributed by atoms with Crippen LogP contribution in [0.2, 0.25) is 0 Å². The van der Waals surface area contributed by atoms with Gasteiger partial charge in [0.25, 0.3) is 5.91 Å². The molecule has 1 saturated heterocycles. The number of ether oxygens (including phenoxy) is 1. The second-order valence-corrected chi connectivity index (χ2v) is 9.31. The minimum Gasteiger partial charge on any atom is -0.497 e. The number of carbonyl (C=O) groups is 2. The van der Waals surface area contributed by atoms with E-state index in [9.17, 15) is 18.0 Å². The van der Waals surface area contributed by atoms with Crippen molar-refractivity contribution in [2.45, 2.75) is 11.3 Å². The van der Waals surface area contributed by atoms with Gasteiger partial charge in [-0.25, -0.2) is 13.4 Å². The summed E-state index contributed by atoms with van der Waals surface area (Å²) in [5.74, 6) is 0.152. The molecule has 2 aliphatic rings. The summed E-state index contributed by atoms with van der Waals surface area (Å²) in [7, 11) is -2.14. The molecule has 168 valence electrons. The zero-order chi connectivity index (χ0) is 22.7. The zero-order valence-corrected chi connectivity index (χ0v) is 18.4. The molecule has 2 aliphatic heterocycles. The summed E-state index contributed by atoms with van der Waals surface area (Å²) < 4.78 is 32.3. The molecule has 2 amide bonds. The Hall–Kier alpha value is -3.37. The van der Waals surface area contributed by atoms with Gasteiger partial charge in [-0.2, -0.15) is 4.31 Å². The molecule has 0 aliphatic carbocycles. The molecule has 2 heterocycles. The minimum absolute atomic E-state index is 0.106. The number of benzene rings is 2. The van der Waals surface area contributed by atoms with E-state index in [0.717, 1.165) is 0 Å². The van der Waals surface area contributed by atoms with E-state index < -0.39 is 10.0 Å². The lowest BCUT2D eigenvalue weighted by molar-refractivity contribution is -0.129. The first kappa shape index (κ1) is 21.8. The summed E-state index contributed by atoms with van der Waals surface area (Å²) in [6.45, 7) is 0.891. The second kappa shape index (κ2) is 9.01. The third-order valence-electron chi connectivity index (χ3n) is 5.43.